The van der Waals surface area contributed by atoms with Gasteiger partial charge >= 0.3 is 0 Å². The molecular weight excluding hydrogens is 631 g/mol. The van der Waals surface area contributed by atoms with Crippen LogP contribution in [0.3, 0.4) is 0 Å². The highest BCUT2D eigenvalue weighted by Crippen LogP contribution is 2.44. The standard InChI is InChI=1S/C49H33N3/c1-50-43-23-10-8-18-38(43)40-28-27-33(30-46(40)50)37-21-12-22-42-48-36(20-13-25-45(48)52(49(37)42)35-16-6-3-7-17-35)32-26-29-41-39-19-9-11-24-44(39)51(47(41)31-32)34-14-4-2-5-15-34/h2-31H,1H3. The molecule has 0 aliphatic rings. The third kappa shape index (κ3) is 4.08. The maximum Gasteiger partial charge on any atom is 0.0619 e. The first kappa shape index (κ1) is 28.9. The second kappa shape index (κ2) is 11.1. The van der Waals surface area contributed by atoms with Gasteiger partial charge in [-0.1, -0.05) is 127 Å². The van der Waals surface area contributed by atoms with E-state index in [0.717, 1.165) is 11.4 Å². The average molecular weight is 664 g/mol. The van der Waals surface area contributed by atoms with Gasteiger partial charge in [-0.05, 0) is 71.3 Å². The molecule has 52 heavy (non-hydrogen) atoms. The van der Waals surface area contributed by atoms with Crippen molar-refractivity contribution in [1.82, 2.24) is 13.7 Å². The summed E-state index contributed by atoms with van der Waals surface area (Å²) < 4.78 is 7.20. The lowest BCUT2D eigenvalue weighted by atomic mass is 9.96. The summed E-state index contributed by atoms with van der Waals surface area (Å²) in [5.74, 6) is 0. The van der Waals surface area contributed by atoms with E-state index in [9.17, 15) is 0 Å². The molecule has 0 atom stereocenters. The van der Waals surface area contributed by atoms with Crippen molar-refractivity contribution in [1.29, 1.82) is 0 Å². The van der Waals surface area contributed by atoms with E-state index in [2.05, 4.69) is 203 Å². The van der Waals surface area contributed by atoms with Crippen molar-refractivity contribution in [2.24, 2.45) is 7.05 Å². The van der Waals surface area contributed by atoms with Gasteiger partial charge in [0.1, 0.15) is 0 Å². The topological polar surface area (TPSA) is 14.8 Å². The molecular formula is C49H33N3. The Kier molecular flexibility index (Phi) is 6.17. The van der Waals surface area contributed by atoms with E-state index in [1.807, 2.05) is 0 Å². The molecule has 0 bridgehead atoms. The second-order valence-corrected chi connectivity index (χ2v) is 13.8. The molecule has 3 heterocycles. The lowest BCUT2D eigenvalue weighted by Gasteiger charge is -2.12. The first-order valence-corrected chi connectivity index (χ1v) is 17.9. The van der Waals surface area contributed by atoms with E-state index < -0.39 is 0 Å². The van der Waals surface area contributed by atoms with E-state index in [1.54, 1.807) is 0 Å². The molecule has 3 aromatic heterocycles. The maximum absolute atomic E-state index is 2.47. The molecule has 0 saturated carbocycles. The van der Waals surface area contributed by atoms with Crippen LogP contribution in [0.25, 0.3) is 99.0 Å². The molecule has 0 spiro atoms. The fraction of sp³-hybridized carbons (Fsp3) is 0.0204. The molecule has 0 fully saturated rings. The Balaban J connectivity index is 1.21. The molecule has 0 aliphatic heterocycles. The molecule has 8 aromatic carbocycles. The van der Waals surface area contributed by atoms with Crippen molar-refractivity contribution in [2.75, 3.05) is 0 Å². The minimum absolute atomic E-state index is 1.15. The zero-order valence-corrected chi connectivity index (χ0v) is 28.7. The molecule has 244 valence electrons. The van der Waals surface area contributed by atoms with E-state index in [1.165, 1.54) is 87.7 Å². The highest BCUT2D eigenvalue weighted by molar-refractivity contribution is 6.20. The van der Waals surface area contributed by atoms with Crippen LogP contribution in [0.15, 0.2) is 182 Å². The van der Waals surface area contributed by atoms with Crippen LogP contribution < -0.4 is 0 Å². The number of rotatable bonds is 4. The number of aryl methyl sites for hydroxylation is 1. The molecule has 0 amide bonds. The van der Waals surface area contributed by atoms with Crippen LogP contribution >= 0.6 is 0 Å². The van der Waals surface area contributed by atoms with Gasteiger partial charge < -0.3 is 13.7 Å². The van der Waals surface area contributed by atoms with Crippen LogP contribution in [0, 0.1) is 0 Å². The van der Waals surface area contributed by atoms with Crippen molar-refractivity contribution in [2.45, 2.75) is 0 Å². The monoisotopic (exact) mass is 663 g/mol. The van der Waals surface area contributed by atoms with Crippen molar-refractivity contribution < 1.29 is 0 Å². The summed E-state index contributed by atoms with van der Waals surface area (Å²) in [6, 6.07) is 66.5. The highest BCUT2D eigenvalue weighted by atomic mass is 15.0. The number of hydrogen-bond acceptors (Lipinski definition) is 0. The Morgan fingerprint density at radius 2 is 0.827 bits per heavy atom. The van der Waals surface area contributed by atoms with Crippen LogP contribution in [-0.4, -0.2) is 13.7 Å². The van der Waals surface area contributed by atoms with E-state index in [0.29, 0.717) is 0 Å². The molecule has 11 rings (SSSR count). The van der Waals surface area contributed by atoms with Gasteiger partial charge in [0.2, 0.25) is 0 Å². The van der Waals surface area contributed by atoms with Gasteiger partial charge in [0.15, 0.2) is 0 Å². The van der Waals surface area contributed by atoms with E-state index >= 15 is 0 Å². The molecule has 0 saturated heterocycles. The summed E-state index contributed by atoms with van der Waals surface area (Å²) in [6.45, 7) is 0. The van der Waals surface area contributed by atoms with Crippen molar-refractivity contribution in [3.05, 3.63) is 182 Å². The smallest absolute Gasteiger partial charge is 0.0619 e. The Bertz CT molecular complexity index is 3180. The van der Waals surface area contributed by atoms with Crippen molar-refractivity contribution >= 4 is 65.4 Å². The number of hydrogen-bond donors (Lipinski definition) is 0. The second-order valence-electron chi connectivity index (χ2n) is 13.8. The maximum atomic E-state index is 2.47. The van der Waals surface area contributed by atoms with Crippen LogP contribution in [0.1, 0.15) is 0 Å². The van der Waals surface area contributed by atoms with Gasteiger partial charge in [0.05, 0.1) is 22.1 Å². The highest BCUT2D eigenvalue weighted by Gasteiger charge is 2.21. The summed E-state index contributed by atoms with van der Waals surface area (Å²) >= 11 is 0. The number of fused-ring (bicyclic) bond motifs is 9. The first-order valence-electron chi connectivity index (χ1n) is 17.9. The van der Waals surface area contributed by atoms with Crippen LogP contribution in [0.2, 0.25) is 0 Å². The number of benzene rings is 8. The Hall–Kier alpha value is -6.84. The lowest BCUT2D eigenvalue weighted by Crippen LogP contribution is -1.95. The zero-order chi connectivity index (χ0) is 34.3. The molecule has 11 aromatic rings. The molecule has 0 aliphatic carbocycles. The molecule has 3 heteroatoms. The third-order valence-electron chi connectivity index (χ3n) is 11.1. The fourth-order valence-corrected chi connectivity index (χ4v) is 8.76. The average Bonchev–Trinajstić information content (AvgIpc) is 3.83. The fourth-order valence-electron chi connectivity index (χ4n) is 8.76. The van der Waals surface area contributed by atoms with Gasteiger partial charge in [-0.2, -0.15) is 0 Å². The number of aromatic nitrogens is 3. The van der Waals surface area contributed by atoms with E-state index in [-0.39, 0.29) is 0 Å². The summed E-state index contributed by atoms with van der Waals surface area (Å²) in [5.41, 5.74) is 14.5. The van der Waals surface area contributed by atoms with Crippen LogP contribution in [0.4, 0.5) is 0 Å². The normalized spacial score (nSPS) is 11.9. The first-order chi connectivity index (χ1) is 25.7. The summed E-state index contributed by atoms with van der Waals surface area (Å²) in [6.07, 6.45) is 0. The molecule has 3 nitrogen and oxygen atoms in total. The minimum Gasteiger partial charge on any atom is -0.344 e. The van der Waals surface area contributed by atoms with Crippen LogP contribution in [-0.2, 0) is 7.05 Å². The largest absolute Gasteiger partial charge is 0.344 e. The SMILES string of the molecule is Cn1c2ccccc2c2ccc(-c3cccc4c5c(-c6ccc7c8ccccc8n(-c8ccccc8)c7c6)cccc5n(-c5ccccc5)c34)cc21. The van der Waals surface area contributed by atoms with E-state index in [4.69, 9.17) is 0 Å². The Labute approximate surface area is 300 Å². The van der Waals surface area contributed by atoms with Gasteiger partial charge in [-0.3, -0.25) is 0 Å². The minimum atomic E-state index is 1.15. The van der Waals surface area contributed by atoms with Gasteiger partial charge in [0.25, 0.3) is 0 Å². The molecule has 0 unspecified atom stereocenters. The Morgan fingerprint density at radius 1 is 0.327 bits per heavy atom. The quantitative estimate of drug-likeness (QED) is 0.178. The van der Waals surface area contributed by atoms with Gasteiger partial charge in [-0.15, -0.1) is 0 Å². The number of nitrogens with zero attached hydrogens (tertiary/aromatic N) is 3. The van der Waals surface area contributed by atoms with Crippen molar-refractivity contribution in [3.63, 3.8) is 0 Å². The Morgan fingerprint density at radius 3 is 1.58 bits per heavy atom. The lowest BCUT2D eigenvalue weighted by molar-refractivity contribution is 1.01. The third-order valence-corrected chi connectivity index (χ3v) is 11.1. The van der Waals surface area contributed by atoms with Crippen LogP contribution in [0.5, 0.6) is 0 Å². The van der Waals surface area contributed by atoms with Gasteiger partial charge in [-0.25, -0.2) is 0 Å². The molecule has 0 N–H and O–H groups in total. The predicted molar refractivity (Wildman–Crippen MR) is 220 cm³/mol. The zero-order valence-electron chi connectivity index (χ0n) is 28.7. The molecule has 0 radical (unpaired) electrons. The number of para-hydroxylation sites is 5. The summed E-state index contributed by atoms with van der Waals surface area (Å²) in [4.78, 5) is 0. The predicted octanol–water partition coefficient (Wildman–Crippen LogP) is 12.9. The van der Waals surface area contributed by atoms with Gasteiger partial charge in [0, 0.05) is 67.3 Å². The van der Waals surface area contributed by atoms with Crippen molar-refractivity contribution in [3.8, 4) is 33.6 Å². The summed E-state index contributed by atoms with van der Waals surface area (Å²) in [5, 5.41) is 7.59. The summed E-state index contributed by atoms with van der Waals surface area (Å²) in [7, 11) is 2.18.